The molecule has 0 aromatic carbocycles. The number of aromatic nitrogens is 4. The van der Waals surface area contributed by atoms with Crippen molar-refractivity contribution in [2.24, 2.45) is 7.05 Å². The summed E-state index contributed by atoms with van der Waals surface area (Å²) in [5, 5.41) is 0. The number of aryl methyl sites for hydroxylation is 1. The van der Waals surface area contributed by atoms with Crippen molar-refractivity contribution in [3.05, 3.63) is 22.6 Å². The minimum absolute atomic E-state index is 0.486. The molecular weight excluding hydrogens is 282 g/mol. The molecule has 0 radical (unpaired) electrons. The Labute approximate surface area is 107 Å². The quantitative estimate of drug-likeness (QED) is 0.921. The number of hydrogen-bond donors (Lipinski definition) is 1. The van der Waals surface area contributed by atoms with E-state index in [4.69, 9.17) is 5.73 Å². The van der Waals surface area contributed by atoms with Crippen LogP contribution >= 0.6 is 15.9 Å². The van der Waals surface area contributed by atoms with E-state index in [1.807, 2.05) is 17.8 Å². The summed E-state index contributed by atoms with van der Waals surface area (Å²) in [6.07, 6.45) is 5.95. The normalized spacial score (nSPS) is 15.2. The molecule has 2 aromatic heterocycles. The molecule has 2 heterocycles. The van der Waals surface area contributed by atoms with Crippen LogP contribution in [0.4, 0.5) is 5.82 Å². The number of hydrogen-bond acceptors (Lipinski definition) is 4. The van der Waals surface area contributed by atoms with Crippen LogP contribution in [0.5, 0.6) is 0 Å². The highest BCUT2D eigenvalue weighted by atomic mass is 79.9. The van der Waals surface area contributed by atoms with Gasteiger partial charge < -0.3 is 10.3 Å². The minimum Gasteiger partial charge on any atom is -0.383 e. The van der Waals surface area contributed by atoms with Gasteiger partial charge in [-0.25, -0.2) is 15.0 Å². The number of rotatable bonds is 2. The van der Waals surface area contributed by atoms with Crippen LogP contribution in [0.3, 0.4) is 0 Å². The molecule has 1 aliphatic rings. The van der Waals surface area contributed by atoms with Crippen LogP contribution in [0.2, 0.25) is 0 Å². The van der Waals surface area contributed by atoms with E-state index in [9.17, 15) is 0 Å². The Morgan fingerprint density at radius 3 is 2.76 bits per heavy atom. The first-order valence-electron chi connectivity index (χ1n) is 5.47. The van der Waals surface area contributed by atoms with Crippen molar-refractivity contribution in [1.29, 1.82) is 0 Å². The van der Waals surface area contributed by atoms with E-state index in [1.165, 1.54) is 12.8 Å². The number of nitrogen functional groups attached to an aromatic ring is 1. The molecule has 17 heavy (non-hydrogen) atoms. The summed E-state index contributed by atoms with van der Waals surface area (Å²) < 4.78 is 2.72. The summed E-state index contributed by atoms with van der Waals surface area (Å²) in [6.45, 7) is 0. The first-order chi connectivity index (χ1) is 8.16. The van der Waals surface area contributed by atoms with E-state index in [1.54, 1.807) is 6.20 Å². The Hall–Kier alpha value is -1.43. The van der Waals surface area contributed by atoms with Crippen LogP contribution in [-0.2, 0) is 7.05 Å². The Balaban J connectivity index is 2.15. The van der Waals surface area contributed by atoms with Crippen molar-refractivity contribution >= 4 is 21.7 Å². The minimum atomic E-state index is 0.486. The molecule has 0 aliphatic heterocycles. The van der Waals surface area contributed by atoms with Crippen LogP contribution in [0.15, 0.2) is 16.9 Å². The second-order valence-electron chi connectivity index (χ2n) is 4.27. The van der Waals surface area contributed by atoms with Crippen LogP contribution in [0, 0.1) is 0 Å². The van der Waals surface area contributed by atoms with Crippen molar-refractivity contribution in [1.82, 2.24) is 19.5 Å². The number of anilines is 1. The van der Waals surface area contributed by atoms with Gasteiger partial charge in [0.25, 0.3) is 0 Å². The third-order valence-corrected chi connectivity index (χ3v) is 3.70. The molecule has 0 amide bonds. The first-order valence-corrected chi connectivity index (χ1v) is 6.26. The van der Waals surface area contributed by atoms with Gasteiger partial charge in [-0.2, -0.15) is 0 Å². The van der Waals surface area contributed by atoms with E-state index >= 15 is 0 Å². The zero-order chi connectivity index (χ0) is 12.0. The molecule has 0 atom stereocenters. The molecule has 6 heteroatoms. The largest absolute Gasteiger partial charge is 0.383 e. The lowest BCUT2D eigenvalue weighted by molar-refractivity contribution is 0.892. The number of nitrogens with two attached hydrogens (primary N) is 1. The van der Waals surface area contributed by atoms with Gasteiger partial charge in [-0.15, -0.1) is 0 Å². The first kappa shape index (κ1) is 10.7. The van der Waals surface area contributed by atoms with Crippen LogP contribution in [0.1, 0.15) is 24.5 Å². The van der Waals surface area contributed by atoms with Crippen LogP contribution in [-0.4, -0.2) is 19.5 Å². The molecule has 1 saturated carbocycles. The molecule has 0 bridgehead atoms. The summed E-state index contributed by atoms with van der Waals surface area (Å²) in [4.78, 5) is 13.1. The standard InChI is InChI=1S/C11H12BrN5/c1-17-5-4-14-11(17)10-15-8(6-2-3-6)7(12)9(13)16-10/h4-6H,2-3H2,1H3,(H2,13,15,16). The predicted octanol–water partition coefficient (Wildman–Crippen LogP) is 2.10. The summed E-state index contributed by atoms with van der Waals surface area (Å²) in [6, 6.07) is 0. The summed E-state index contributed by atoms with van der Waals surface area (Å²) in [5.41, 5.74) is 6.92. The highest BCUT2D eigenvalue weighted by molar-refractivity contribution is 9.10. The molecule has 3 rings (SSSR count). The average molecular weight is 294 g/mol. The van der Waals surface area contributed by atoms with Crippen molar-refractivity contribution in [2.45, 2.75) is 18.8 Å². The molecular formula is C11H12BrN5. The highest BCUT2D eigenvalue weighted by Crippen LogP contribution is 2.43. The van der Waals surface area contributed by atoms with Gasteiger partial charge in [0.05, 0.1) is 10.2 Å². The molecule has 0 spiro atoms. The van der Waals surface area contributed by atoms with Gasteiger partial charge in [-0.3, -0.25) is 0 Å². The van der Waals surface area contributed by atoms with Crippen molar-refractivity contribution in [3.63, 3.8) is 0 Å². The van der Waals surface area contributed by atoms with Crippen molar-refractivity contribution in [3.8, 4) is 11.6 Å². The zero-order valence-electron chi connectivity index (χ0n) is 9.39. The molecule has 1 fully saturated rings. The molecule has 2 N–H and O–H groups in total. The van der Waals surface area contributed by atoms with Gasteiger partial charge in [0, 0.05) is 25.4 Å². The maximum absolute atomic E-state index is 5.91. The third-order valence-electron chi connectivity index (χ3n) is 2.89. The zero-order valence-corrected chi connectivity index (χ0v) is 11.0. The summed E-state index contributed by atoms with van der Waals surface area (Å²) in [5.74, 6) is 2.35. The lowest BCUT2D eigenvalue weighted by Gasteiger charge is -2.07. The van der Waals surface area contributed by atoms with E-state index < -0.39 is 0 Å². The van der Waals surface area contributed by atoms with Crippen LogP contribution in [0.25, 0.3) is 11.6 Å². The summed E-state index contributed by atoms with van der Waals surface area (Å²) >= 11 is 3.46. The Kier molecular flexibility index (Phi) is 2.39. The molecule has 88 valence electrons. The molecule has 5 nitrogen and oxygen atoms in total. The van der Waals surface area contributed by atoms with Gasteiger partial charge in [0.1, 0.15) is 5.82 Å². The number of imidazole rings is 1. The Morgan fingerprint density at radius 1 is 1.41 bits per heavy atom. The van der Waals surface area contributed by atoms with Gasteiger partial charge in [-0.1, -0.05) is 0 Å². The number of halogens is 1. The van der Waals surface area contributed by atoms with Crippen molar-refractivity contribution in [2.75, 3.05) is 5.73 Å². The maximum Gasteiger partial charge on any atom is 0.198 e. The Morgan fingerprint density at radius 2 is 2.18 bits per heavy atom. The second-order valence-corrected chi connectivity index (χ2v) is 5.06. The van der Waals surface area contributed by atoms with E-state index in [-0.39, 0.29) is 0 Å². The topological polar surface area (TPSA) is 69.6 Å². The highest BCUT2D eigenvalue weighted by Gasteiger charge is 2.29. The van der Waals surface area contributed by atoms with Crippen LogP contribution < -0.4 is 5.73 Å². The molecule has 0 unspecified atom stereocenters. The maximum atomic E-state index is 5.91. The lowest BCUT2D eigenvalue weighted by Crippen LogP contribution is -2.04. The smallest absolute Gasteiger partial charge is 0.198 e. The SMILES string of the molecule is Cn1ccnc1-c1nc(N)c(Br)c(C2CC2)n1. The fourth-order valence-corrected chi connectivity index (χ4v) is 2.29. The number of nitrogens with zero attached hydrogens (tertiary/aromatic N) is 4. The van der Waals surface area contributed by atoms with Gasteiger partial charge in [0.2, 0.25) is 0 Å². The van der Waals surface area contributed by atoms with Gasteiger partial charge >= 0.3 is 0 Å². The predicted molar refractivity (Wildman–Crippen MR) is 68.3 cm³/mol. The average Bonchev–Trinajstić information content (AvgIpc) is 3.05. The fourth-order valence-electron chi connectivity index (χ4n) is 1.79. The molecule has 2 aromatic rings. The third kappa shape index (κ3) is 1.82. The fraction of sp³-hybridized carbons (Fsp3) is 0.364. The Bertz CT molecular complexity index is 573. The molecule has 0 saturated heterocycles. The van der Waals surface area contributed by atoms with E-state index in [0.717, 1.165) is 16.0 Å². The van der Waals surface area contributed by atoms with Crippen molar-refractivity contribution < 1.29 is 0 Å². The monoisotopic (exact) mass is 293 g/mol. The summed E-state index contributed by atoms with van der Waals surface area (Å²) in [7, 11) is 1.92. The second kappa shape index (κ2) is 3.80. The van der Waals surface area contributed by atoms with Gasteiger partial charge in [0.15, 0.2) is 11.6 Å². The molecule has 1 aliphatic carbocycles. The lowest BCUT2D eigenvalue weighted by atomic mass is 10.2. The van der Waals surface area contributed by atoms with E-state index in [2.05, 4.69) is 30.9 Å². The van der Waals surface area contributed by atoms with Gasteiger partial charge in [-0.05, 0) is 28.8 Å². The van der Waals surface area contributed by atoms with E-state index in [0.29, 0.717) is 17.6 Å².